The van der Waals surface area contributed by atoms with Gasteiger partial charge in [-0.1, -0.05) is 33.8 Å². The van der Waals surface area contributed by atoms with Crippen molar-refractivity contribution in [2.45, 2.75) is 32.6 Å². The molecule has 0 aliphatic rings. The third-order valence-corrected chi connectivity index (χ3v) is 4.88. The Kier molecular flexibility index (Phi) is 5.65. The van der Waals surface area contributed by atoms with Gasteiger partial charge in [0, 0.05) is 6.54 Å². The molecule has 6 heteroatoms. The lowest BCUT2D eigenvalue weighted by atomic mass is 9.86. The van der Waals surface area contributed by atoms with E-state index in [1.807, 2.05) is 27.7 Å². The van der Waals surface area contributed by atoms with E-state index in [0.717, 1.165) is 18.2 Å². The molecule has 0 saturated carbocycles. The Morgan fingerprint density at radius 1 is 1.05 bits per heavy atom. The van der Waals surface area contributed by atoms with E-state index in [0.29, 0.717) is 0 Å². The number of hydrogen-bond acceptors (Lipinski definition) is 2. The van der Waals surface area contributed by atoms with Gasteiger partial charge in [0.1, 0.15) is 11.6 Å². The molecule has 3 nitrogen and oxygen atoms in total. The summed E-state index contributed by atoms with van der Waals surface area (Å²) < 4.78 is 53.4. The molecule has 0 heterocycles. The Morgan fingerprint density at radius 2 is 1.50 bits per heavy atom. The quantitative estimate of drug-likeness (QED) is 0.877. The van der Waals surface area contributed by atoms with Crippen molar-refractivity contribution in [2.75, 3.05) is 6.54 Å². The van der Waals surface area contributed by atoms with Crippen LogP contribution in [-0.2, 0) is 10.0 Å². The van der Waals surface area contributed by atoms with Crippen LogP contribution in [0.15, 0.2) is 23.1 Å². The van der Waals surface area contributed by atoms with Crippen LogP contribution in [0.1, 0.15) is 27.7 Å². The van der Waals surface area contributed by atoms with Gasteiger partial charge in [0.2, 0.25) is 10.0 Å². The fraction of sp³-hybridized carbons (Fsp3) is 0.571. The zero-order valence-electron chi connectivity index (χ0n) is 12.2. The Bertz CT molecular complexity index is 528. The summed E-state index contributed by atoms with van der Waals surface area (Å²) in [5.74, 6) is -1.53. The van der Waals surface area contributed by atoms with E-state index in [1.165, 1.54) is 0 Å². The number of nitrogens with one attached hydrogen (secondary N) is 1. The fourth-order valence-corrected chi connectivity index (χ4v) is 3.46. The summed E-state index contributed by atoms with van der Waals surface area (Å²) in [5.41, 5.74) is 0. The molecule has 1 rings (SSSR count). The topological polar surface area (TPSA) is 46.2 Å². The SMILES string of the molecule is CC(C)C(CNS(=O)(=O)c1c(F)cccc1F)C(C)C. The average molecular weight is 305 g/mol. The summed E-state index contributed by atoms with van der Waals surface area (Å²) in [7, 11) is -4.18. The van der Waals surface area contributed by atoms with E-state index in [4.69, 9.17) is 0 Å². The zero-order valence-corrected chi connectivity index (χ0v) is 13.0. The molecule has 1 aromatic carbocycles. The largest absolute Gasteiger partial charge is 0.246 e. The Morgan fingerprint density at radius 3 is 1.90 bits per heavy atom. The summed E-state index contributed by atoms with van der Waals surface area (Å²) in [6.07, 6.45) is 0. The van der Waals surface area contributed by atoms with Gasteiger partial charge in [-0.25, -0.2) is 21.9 Å². The third-order valence-electron chi connectivity index (χ3n) is 3.41. The van der Waals surface area contributed by atoms with E-state index < -0.39 is 26.6 Å². The molecule has 0 amide bonds. The first kappa shape index (κ1) is 17.0. The van der Waals surface area contributed by atoms with Crippen LogP contribution in [0.5, 0.6) is 0 Å². The molecule has 0 spiro atoms. The molecule has 1 aromatic rings. The zero-order chi connectivity index (χ0) is 15.5. The number of halogens is 2. The Balaban J connectivity index is 2.96. The highest BCUT2D eigenvalue weighted by molar-refractivity contribution is 7.89. The predicted octanol–water partition coefficient (Wildman–Crippen LogP) is 3.17. The number of sulfonamides is 1. The smallest absolute Gasteiger partial charge is 0.211 e. The average Bonchev–Trinajstić information content (AvgIpc) is 2.26. The van der Waals surface area contributed by atoms with Gasteiger partial charge in [-0.3, -0.25) is 0 Å². The summed E-state index contributed by atoms with van der Waals surface area (Å²) >= 11 is 0. The van der Waals surface area contributed by atoms with Crippen LogP contribution in [0.4, 0.5) is 8.78 Å². The van der Waals surface area contributed by atoms with E-state index >= 15 is 0 Å². The molecule has 20 heavy (non-hydrogen) atoms. The summed E-state index contributed by atoms with van der Waals surface area (Å²) in [6.45, 7) is 8.11. The number of benzene rings is 1. The van der Waals surface area contributed by atoms with Gasteiger partial charge in [0.05, 0.1) is 0 Å². The summed E-state index contributed by atoms with van der Waals surface area (Å²) in [5, 5.41) is 0. The molecule has 0 aliphatic carbocycles. The van der Waals surface area contributed by atoms with Gasteiger partial charge in [0.25, 0.3) is 0 Å². The van der Waals surface area contributed by atoms with Crippen molar-refractivity contribution in [3.63, 3.8) is 0 Å². The molecule has 0 radical (unpaired) electrons. The maximum Gasteiger partial charge on any atom is 0.246 e. The van der Waals surface area contributed by atoms with Crippen LogP contribution < -0.4 is 4.72 Å². The summed E-state index contributed by atoms with van der Waals surface area (Å²) in [4.78, 5) is -0.911. The van der Waals surface area contributed by atoms with Crippen molar-refractivity contribution >= 4 is 10.0 Å². The lowest BCUT2D eigenvalue weighted by molar-refractivity contribution is 0.289. The Labute approximate surface area is 119 Å². The first-order chi connectivity index (χ1) is 9.16. The maximum atomic E-state index is 13.5. The normalized spacial score (nSPS) is 12.7. The van der Waals surface area contributed by atoms with E-state index in [2.05, 4.69) is 4.72 Å². The highest BCUT2D eigenvalue weighted by Gasteiger charge is 2.26. The third kappa shape index (κ3) is 3.99. The van der Waals surface area contributed by atoms with E-state index in [1.54, 1.807) is 0 Å². The highest BCUT2D eigenvalue weighted by Crippen LogP contribution is 2.22. The second-order valence-corrected chi connectivity index (χ2v) is 7.26. The standard InChI is InChI=1S/C14H21F2NO2S/c1-9(2)11(10(3)4)8-17-20(18,19)14-12(15)6-5-7-13(14)16/h5-7,9-11,17H,8H2,1-4H3. The molecule has 0 saturated heterocycles. The van der Waals surface area contributed by atoms with Crippen molar-refractivity contribution in [3.05, 3.63) is 29.8 Å². The molecule has 0 aromatic heterocycles. The van der Waals surface area contributed by atoms with Crippen LogP contribution >= 0.6 is 0 Å². The van der Waals surface area contributed by atoms with E-state index in [9.17, 15) is 17.2 Å². The lowest BCUT2D eigenvalue weighted by Gasteiger charge is -2.25. The van der Waals surface area contributed by atoms with Crippen molar-refractivity contribution in [1.82, 2.24) is 4.72 Å². The van der Waals surface area contributed by atoms with Gasteiger partial charge in [-0.05, 0) is 29.9 Å². The van der Waals surface area contributed by atoms with Crippen LogP contribution in [0, 0.1) is 29.4 Å². The first-order valence-electron chi connectivity index (χ1n) is 6.60. The number of rotatable bonds is 6. The van der Waals surface area contributed by atoms with Gasteiger partial charge >= 0.3 is 0 Å². The maximum absolute atomic E-state index is 13.5. The van der Waals surface area contributed by atoms with Crippen LogP contribution in [0.25, 0.3) is 0 Å². The monoisotopic (exact) mass is 305 g/mol. The van der Waals surface area contributed by atoms with Crippen molar-refractivity contribution < 1.29 is 17.2 Å². The number of hydrogen-bond donors (Lipinski definition) is 1. The molecule has 1 N–H and O–H groups in total. The molecule has 0 fully saturated rings. The summed E-state index contributed by atoms with van der Waals surface area (Å²) in [6, 6.07) is 2.99. The molecular formula is C14H21F2NO2S. The molecule has 0 unspecified atom stereocenters. The van der Waals surface area contributed by atoms with Crippen LogP contribution in [-0.4, -0.2) is 15.0 Å². The van der Waals surface area contributed by atoms with Crippen molar-refractivity contribution in [1.29, 1.82) is 0 Å². The predicted molar refractivity (Wildman–Crippen MR) is 74.7 cm³/mol. The van der Waals surface area contributed by atoms with Crippen molar-refractivity contribution in [2.24, 2.45) is 17.8 Å². The first-order valence-corrected chi connectivity index (χ1v) is 8.08. The minimum Gasteiger partial charge on any atom is -0.211 e. The van der Waals surface area contributed by atoms with Gasteiger partial charge in [0.15, 0.2) is 4.90 Å². The van der Waals surface area contributed by atoms with Gasteiger partial charge < -0.3 is 0 Å². The minimum absolute atomic E-state index is 0.0969. The Hall–Kier alpha value is -1.01. The lowest BCUT2D eigenvalue weighted by Crippen LogP contribution is -2.34. The van der Waals surface area contributed by atoms with Crippen molar-refractivity contribution in [3.8, 4) is 0 Å². The van der Waals surface area contributed by atoms with Gasteiger partial charge in [-0.2, -0.15) is 0 Å². The molecule has 114 valence electrons. The molecule has 0 bridgehead atoms. The highest BCUT2D eigenvalue weighted by atomic mass is 32.2. The second-order valence-electron chi connectivity index (χ2n) is 5.55. The fourth-order valence-electron chi connectivity index (χ4n) is 2.26. The van der Waals surface area contributed by atoms with Crippen LogP contribution in [0.3, 0.4) is 0 Å². The molecule has 0 aliphatic heterocycles. The second kappa shape index (κ2) is 6.63. The van der Waals surface area contributed by atoms with Gasteiger partial charge in [-0.15, -0.1) is 0 Å². The van der Waals surface area contributed by atoms with E-state index in [-0.39, 0.29) is 24.3 Å². The van der Waals surface area contributed by atoms with Crippen LogP contribution in [0.2, 0.25) is 0 Å². The minimum atomic E-state index is -4.18. The molecule has 0 atom stereocenters. The molecular weight excluding hydrogens is 284 g/mol.